The van der Waals surface area contributed by atoms with Gasteiger partial charge in [-0.15, -0.1) is 0 Å². The van der Waals surface area contributed by atoms with Crippen LogP contribution in [0.3, 0.4) is 0 Å². The van der Waals surface area contributed by atoms with Gasteiger partial charge in [-0.25, -0.2) is 9.97 Å². The molecule has 0 aliphatic heterocycles. The Morgan fingerprint density at radius 1 is 1.35 bits per heavy atom. The quantitative estimate of drug-likeness (QED) is 0.729. The number of unbranched alkanes of at least 4 members (excludes halogenated alkanes) is 2. The van der Waals surface area contributed by atoms with E-state index in [9.17, 15) is 0 Å². The lowest BCUT2D eigenvalue weighted by atomic mass is 10.2. The van der Waals surface area contributed by atoms with Gasteiger partial charge in [0.15, 0.2) is 0 Å². The zero-order chi connectivity index (χ0) is 12.5. The summed E-state index contributed by atoms with van der Waals surface area (Å²) < 4.78 is 4.97. The van der Waals surface area contributed by atoms with E-state index in [1.807, 2.05) is 13.0 Å². The molecule has 0 aliphatic carbocycles. The second kappa shape index (κ2) is 7.58. The minimum absolute atomic E-state index is 0.402. The van der Waals surface area contributed by atoms with Crippen molar-refractivity contribution in [3.05, 3.63) is 17.5 Å². The largest absolute Gasteiger partial charge is 0.385 e. The van der Waals surface area contributed by atoms with Crippen molar-refractivity contribution in [1.29, 1.82) is 5.26 Å². The van der Waals surface area contributed by atoms with Crippen molar-refractivity contribution in [2.75, 3.05) is 25.6 Å². The normalized spacial score (nSPS) is 9.94. The number of hydrogen-bond donors (Lipinski definition) is 1. The van der Waals surface area contributed by atoms with Crippen LogP contribution in [0.25, 0.3) is 0 Å². The maximum atomic E-state index is 8.77. The number of ether oxygens (including phenoxy) is 1. The molecule has 0 bridgehead atoms. The summed E-state index contributed by atoms with van der Waals surface area (Å²) >= 11 is 0. The fourth-order valence-corrected chi connectivity index (χ4v) is 1.45. The van der Waals surface area contributed by atoms with Crippen molar-refractivity contribution < 1.29 is 4.74 Å². The Morgan fingerprint density at radius 2 is 2.18 bits per heavy atom. The van der Waals surface area contributed by atoms with Gasteiger partial charge in [-0.1, -0.05) is 0 Å². The molecule has 1 heterocycles. The van der Waals surface area contributed by atoms with E-state index in [0.29, 0.717) is 11.6 Å². The maximum Gasteiger partial charge on any atom is 0.224 e. The summed E-state index contributed by atoms with van der Waals surface area (Å²) in [5, 5.41) is 11.9. The molecule has 0 unspecified atom stereocenters. The molecular weight excluding hydrogens is 216 g/mol. The van der Waals surface area contributed by atoms with Gasteiger partial charge in [0.1, 0.15) is 11.8 Å². The average Bonchev–Trinajstić information content (AvgIpc) is 2.33. The van der Waals surface area contributed by atoms with E-state index in [1.165, 1.54) is 0 Å². The third-order valence-corrected chi connectivity index (χ3v) is 2.28. The number of anilines is 1. The van der Waals surface area contributed by atoms with E-state index in [1.54, 1.807) is 13.2 Å². The van der Waals surface area contributed by atoms with Crippen LogP contribution in [0.15, 0.2) is 6.07 Å². The first-order valence-electron chi connectivity index (χ1n) is 5.75. The molecule has 0 radical (unpaired) electrons. The lowest BCUT2D eigenvalue weighted by Gasteiger charge is -2.05. The maximum absolute atomic E-state index is 8.77. The van der Waals surface area contributed by atoms with E-state index in [4.69, 9.17) is 10.00 Å². The Kier molecular flexibility index (Phi) is 5.97. The second-order valence-electron chi connectivity index (χ2n) is 3.81. The van der Waals surface area contributed by atoms with E-state index in [0.717, 1.165) is 38.1 Å². The molecule has 0 saturated carbocycles. The van der Waals surface area contributed by atoms with Gasteiger partial charge < -0.3 is 10.1 Å². The third kappa shape index (κ3) is 5.27. The molecule has 0 saturated heterocycles. The first-order chi connectivity index (χ1) is 8.26. The Hall–Kier alpha value is -1.67. The van der Waals surface area contributed by atoms with Gasteiger partial charge in [0.2, 0.25) is 5.95 Å². The predicted octanol–water partition coefficient (Wildman–Crippen LogP) is 1.89. The fraction of sp³-hybridized carbons (Fsp3) is 0.583. The molecule has 1 aromatic rings. The van der Waals surface area contributed by atoms with Gasteiger partial charge in [-0.3, -0.25) is 0 Å². The van der Waals surface area contributed by atoms with Crippen LogP contribution in [0.2, 0.25) is 0 Å². The van der Waals surface area contributed by atoms with E-state index < -0.39 is 0 Å². The molecule has 1 aromatic heterocycles. The molecule has 0 fully saturated rings. The Labute approximate surface area is 102 Å². The fourth-order valence-electron chi connectivity index (χ4n) is 1.45. The van der Waals surface area contributed by atoms with Gasteiger partial charge in [0.25, 0.3) is 0 Å². The number of aryl methyl sites for hydroxylation is 1. The van der Waals surface area contributed by atoms with Crippen LogP contribution in [0.4, 0.5) is 5.95 Å². The first-order valence-corrected chi connectivity index (χ1v) is 5.75. The summed E-state index contributed by atoms with van der Waals surface area (Å²) in [6.45, 7) is 3.48. The summed E-state index contributed by atoms with van der Waals surface area (Å²) in [4.78, 5) is 8.30. The van der Waals surface area contributed by atoms with Crippen molar-refractivity contribution >= 4 is 5.95 Å². The van der Waals surface area contributed by atoms with E-state index >= 15 is 0 Å². The second-order valence-corrected chi connectivity index (χ2v) is 3.81. The van der Waals surface area contributed by atoms with Gasteiger partial charge in [-0.05, 0) is 32.3 Å². The Balaban J connectivity index is 2.32. The number of nitriles is 1. The van der Waals surface area contributed by atoms with Crippen molar-refractivity contribution in [1.82, 2.24) is 9.97 Å². The Bertz CT molecular complexity index is 387. The number of hydrogen-bond acceptors (Lipinski definition) is 5. The van der Waals surface area contributed by atoms with Crippen LogP contribution in [0, 0.1) is 18.3 Å². The van der Waals surface area contributed by atoms with E-state index in [-0.39, 0.29) is 0 Å². The van der Waals surface area contributed by atoms with Crippen LogP contribution >= 0.6 is 0 Å². The van der Waals surface area contributed by atoms with E-state index in [2.05, 4.69) is 15.3 Å². The number of nitrogens with one attached hydrogen (secondary N) is 1. The molecular formula is C12H18N4O. The highest BCUT2D eigenvalue weighted by atomic mass is 16.5. The number of rotatable bonds is 7. The van der Waals surface area contributed by atoms with Crippen molar-refractivity contribution in [3.8, 4) is 6.07 Å². The Morgan fingerprint density at radius 3 is 2.88 bits per heavy atom. The minimum Gasteiger partial charge on any atom is -0.385 e. The van der Waals surface area contributed by atoms with Crippen LogP contribution in [0.1, 0.15) is 30.7 Å². The van der Waals surface area contributed by atoms with Crippen molar-refractivity contribution in [2.24, 2.45) is 0 Å². The monoisotopic (exact) mass is 234 g/mol. The lowest BCUT2D eigenvalue weighted by Crippen LogP contribution is -2.07. The molecule has 0 atom stereocenters. The summed E-state index contributed by atoms with van der Waals surface area (Å²) in [6, 6.07) is 3.69. The average molecular weight is 234 g/mol. The molecule has 1 rings (SSSR count). The number of methoxy groups -OCH3 is 1. The summed E-state index contributed by atoms with van der Waals surface area (Å²) in [5.74, 6) is 0.535. The van der Waals surface area contributed by atoms with Crippen molar-refractivity contribution in [2.45, 2.75) is 26.2 Å². The lowest BCUT2D eigenvalue weighted by molar-refractivity contribution is 0.192. The smallest absolute Gasteiger partial charge is 0.224 e. The highest BCUT2D eigenvalue weighted by Gasteiger charge is 2.00. The molecule has 5 nitrogen and oxygen atoms in total. The van der Waals surface area contributed by atoms with Gasteiger partial charge >= 0.3 is 0 Å². The summed E-state index contributed by atoms with van der Waals surface area (Å²) in [6.07, 6.45) is 3.22. The van der Waals surface area contributed by atoms with Gasteiger partial charge in [-0.2, -0.15) is 5.26 Å². The highest BCUT2D eigenvalue weighted by Crippen LogP contribution is 2.04. The molecule has 0 aliphatic rings. The van der Waals surface area contributed by atoms with Crippen LogP contribution < -0.4 is 5.32 Å². The molecule has 17 heavy (non-hydrogen) atoms. The zero-order valence-corrected chi connectivity index (χ0v) is 10.4. The summed E-state index contributed by atoms with van der Waals surface area (Å²) in [7, 11) is 1.71. The molecule has 5 heteroatoms. The van der Waals surface area contributed by atoms with Gasteiger partial charge in [0.05, 0.1) is 0 Å². The number of aromatic nitrogens is 2. The standard InChI is InChI=1S/C12H18N4O/c1-10-8-11(9-13)16-12(15-10)14-6-4-3-5-7-17-2/h8H,3-7H2,1-2H3,(H,14,15,16). The molecule has 0 amide bonds. The van der Waals surface area contributed by atoms with Gasteiger partial charge in [0, 0.05) is 26.0 Å². The highest BCUT2D eigenvalue weighted by molar-refractivity contribution is 5.32. The molecule has 92 valence electrons. The molecule has 0 spiro atoms. The SMILES string of the molecule is COCCCCCNc1nc(C)cc(C#N)n1. The first kappa shape index (κ1) is 13.4. The van der Waals surface area contributed by atoms with Crippen LogP contribution in [-0.4, -0.2) is 30.2 Å². The molecule has 0 aromatic carbocycles. The van der Waals surface area contributed by atoms with Crippen LogP contribution in [-0.2, 0) is 4.74 Å². The minimum atomic E-state index is 0.402. The number of nitrogens with zero attached hydrogens (tertiary/aromatic N) is 3. The molecule has 1 N–H and O–H groups in total. The van der Waals surface area contributed by atoms with Crippen molar-refractivity contribution in [3.63, 3.8) is 0 Å². The predicted molar refractivity (Wildman–Crippen MR) is 65.7 cm³/mol. The van der Waals surface area contributed by atoms with Crippen LogP contribution in [0.5, 0.6) is 0 Å². The zero-order valence-electron chi connectivity index (χ0n) is 10.4. The topological polar surface area (TPSA) is 70.8 Å². The third-order valence-electron chi connectivity index (χ3n) is 2.28. The summed E-state index contributed by atoms with van der Waals surface area (Å²) in [5.41, 5.74) is 1.21.